The molecule has 108 valence electrons. The number of aromatic carboxylic acids is 1. The largest absolute Gasteiger partial charge is 0.478 e. The first-order chi connectivity index (χ1) is 9.38. The number of benzene rings is 1. The molecule has 1 aliphatic heterocycles. The number of carbonyl (C=O) groups excluding carboxylic acids is 1. The molecule has 1 heterocycles. The Balaban J connectivity index is 2.22. The van der Waals surface area contributed by atoms with Crippen molar-refractivity contribution in [2.45, 2.75) is 18.6 Å². The lowest BCUT2D eigenvalue weighted by Gasteiger charge is -2.13. The van der Waals surface area contributed by atoms with E-state index in [9.17, 15) is 23.5 Å². The second-order valence-corrected chi connectivity index (χ2v) is 4.46. The van der Waals surface area contributed by atoms with Crippen LogP contribution in [-0.4, -0.2) is 40.8 Å². The van der Waals surface area contributed by atoms with E-state index in [1.165, 1.54) is 0 Å². The molecule has 0 spiro atoms. The van der Waals surface area contributed by atoms with Gasteiger partial charge in [-0.05, 0) is 12.5 Å². The van der Waals surface area contributed by atoms with E-state index in [1.807, 2.05) is 0 Å². The van der Waals surface area contributed by atoms with Crippen LogP contribution < -0.4 is 10.6 Å². The Morgan fingerprint density at radius 1 is 1.30 bits per heavy atom. The fraction of sp³-hybridized carbons (Fsp3) is 0.333. The van der Waals surface area contributed by atoms with E-state index >= 15 is 0 Å². The number of nitrogens with one attached hydrogen (secondary N) is 2. The lowest BCUT2D eigenvalue weighted by Crippen LogP contribution is -2.35. The van der Waals surface area contributed by atoms with E-state index in [0.717, 1.165) is 0 Å². The molecule has 2 rings (SSSR count). The minimum absolute atomic E-state index is 0.165. The molecular weight excluding hydrogens is 274 g/mol. The molecule has 1 amide bonds. The SMILES string of the molecule is O=C(O)c1cc(F)c(F)cc1NC(=O)C1CC(O)CN1. The summed E-state index contributed by atoms with van der Waals surface area (Å²) >= 11 is 0. The first kappa shape index (κ1) is 14.4. The molecule has 1 aromatic rings. The van der Waals surface area contributed by atoms with Crippen molar-refractivity contribution in [2.24, 2.45) is 0 Å². The number of carboxylic acid groups (broad SMARTS) is 1. The van der Waals surface area contributed by atoms with E-state index < -0.39 is 41.2 Å². The summed E-state index contributed by atoms with van der Waals surface area (Å²) in [5, 5.41) is 23.1. The van der Waals surface area contributed by atoms with Crippen molar-refractivity contribution in [2.75, 3.05) is 11.9 Å². The minimum atomic E-state index is -1.49. The highest BCUT2D eigenvalue weighted by atomic mass is 19.2. The van der Waals surface area contributed by atoms with Crippen molar-refractivity contribution in [3.05, 3.63) is 29.3 Å². The van der Waals surface area contributed by atoms with Crippen LogP contribution >= 0.6 is 0 Å². The van der Waals surface area contributed by atoms with Gasteiger partial charge in [0.05, 0.1) is 23.4 Å². The van der Waals surface area contributed by atoms with E-state index in [4.69, 9.17) is 5.11 Å². The summed E-state index contributed by atoms with van der Waals surface area (Å²) < 4.78 is 26.2. The minimum Gasteiger partial charge on any atom is -0.478 e. The maximum absolute atomic E-state index is 13.1. The van der Waals surface area contributed by atoms with Crippen molar-refractivity contribution in [1.29, 1.82) is 0 Å². The van der Waals surface area contributed by atoms with Gasteiger partial charge in [0.1, 0.15) is 0 Å². The van der Waals surface area contributed by atoms with Crippen LogP contribution in [0.15, 0.2) is 12.1 Å². The number of halogens is 2. The molecular formula is C12H12F2N2O4. The first-order valence-electron chi connectivity index (χ1n) is 5.83. The van der Waals surface area contributed by atoms with E-state index in [0.29, 0.717) is 12.1 Å². The van der Waals surface area contributed by atoms with Crippen LogP contribution in [0.1, 0.15) is 16.8 Å². The Morgan fingerprint density at radius 3 is 2.50 bits per heavy atom. The van der Waals surface area contributed by atoms with Gasteiger partial charge in [-0.25, -0.2) is 13.6 Å². The van der Waals surface area contributed by atoms with E-state index in [1.54, 1.807) is 0 Å². The number of rotatable bonds is 3. The third kappa shape index (κ3) is 2.91. The standard InChI is InChI=1S/C12H12F2N2O4/c13-7-2-6(12(19)20)9(3-8(7)14)16-11(18)10-1-5(17)4-15-10/h2-3,5,10,15,17H,1,4H2,(H,16,18)(H,19,20). The quantitative estimate of drug-likeness (QED) is 0.641. The zero-order chi connectivity index (χ0) is 14.9. The number of carbonyl (C=O) groups is 2. The van der Waals surface area contributed by atoms with Crippen molar-refractivity contribution in [3.8, 4) is 0 Å². The lowest BCUT2D eigenvalue weighted by atomic mass is 10.1. The van der Waals surface area contributed by atoms with Gasteiger partial charge in [-0.2, -0.15) is 0 Å². The number of anilines is 1. The number of amides is 1. The highest BCUT2D eigenvalue weighted by molar-refractivity contribution is 6.02. The fourth-order valence-electron chi connectivity index (χ4n) is 1.96. The number of hydrogen-bond donors (Lipinski definition) is 4. The Hall–Kier alpha value is -2.06. The normalized spacial score (nSPS) is 21.8. The van der Waals surface area contributed by atoms with Gasteiger partial charge in [0.2, 0.25) is 5.91 Å². The molecule has 20 heavy (non-hydrogen) atoms. The Kier molecular flexibility index (Phi) is 3.96. The third-order valence-corrected chi connectivity index (χ3v) is 2.97. The molecule has 0 aliphatic carbocycles. The molecule has 6 nitrogen and oxygen atoms in total. The fourth-order valence-corrected chi connectivity index (χ4v) is 1.96. The molecule has 1 fully saturated rings. The zero-order valence-electron chi connectivity index (χ0n) is 10.2. The number of carboxylic acids is 1. The van der Waals surface area contributed by atoms with Crippen LogP contribution in [0.25, 0.3) is 0 Å². The van der Waals surface area contributed by atoms with Gasteiger partial charge in [0.25, 0.3) is 0 Å². The van der Waals surface area contributed by atoms with Gasteiger partial charge in [-0.15, -0.1) is 0 Å². The molecule has 4 N–H and O–H groups in total. The summed E-state index contributed by atoms with van der Waals surface area (Å²) in [4.78, 5) is 22.8. The van der Waals surface area contributed by atoms with Crippen LogP contribution in [-0.2, 0) is 4.79 Å². The predicted octanol–water partition coefficient (Wildman–Crippen LogP) is 0.324. The zero-order valence-corrected chi connectivity index (χ0v) is 10.2. The average Bonchev–Trinajstić information content (AvgIpc) is 2.80. The third-order valence-electron chi connectivity index (χ3n) is 2.97. The maximum atomic E-state index is 13.1. The lowest BCUT2D eigenvalue weighted by molar-refractivity contribution is -0.117. The van der Waals surface area contributed by atoms with Crippen molar-refractivity contribution in [1.82, 2.24) is 5.32 Å². The summed E-state index contributed by atoms with van der Waals surface area (Å²) in [7, 11) is 0. The van der Waals surface area contributed by atoms with Crippen LogP contribution in [0.2, 0.25) is 0 Å². The molecule has 1 saturated heterocycles. The number of hydrogen-bond acceptors (Lipinski definition) is 4. The van der Waals surface area contributed by atoms with Crippen molar-refractivity contribution < 1.29 is 28.6 Å². The molecule has 8 heteroatoms. The van der Waals surface area contributed by atoms with E-state index in [2.05, 4.69) is 10.6 Å². The molecule has 2 atom stereocenters. The van der Waals surface area contributed by atoms with Gasteiger partial charge < -0.3 is 20.8 Å². The van der Waals surface area contributed by atoms with Crippen LogP contribution in [0, 0.1) is 11.6 Å². The maximum Gasteiger partial charge on any atom is 0.337 e. The molecule has 0 saturated carbocycles. The predicted molar refractivity (Wildman–Crippen MR) is 64.4 cm³/mol. The monoisotopic (exact) mass is 286 g/mol. The number of β-amino-alcohol motifs (C(OH)–C–C–N with tert-alkyl or cyclic N) is 1. The molecule has 0 bridgehead atoms. The second kappa shape index (κ2) is 5.51. The summed E-state index contributed by atoms with van der Waals surface area (Å²) in [6, 6.07) is 0.409. The summed E-state index contributed by atoms with van der Waals surface area (Å²) in [6.07, 6.45) is -0.507. The number of aliphatic hydroxyl groups is 1. The summed E-state index contributed by atoms with van der Waals surface area (Å²) in [5.41, 5.74) is -0.875. The summed E-state index contributed by atoms with van der Waals surface area (Å²) in [5.74, 6) is -4.67. The highest BCUT2D eigenvalue weighted by Gasteiger charge is 2.29. The molecule has 1 aliphatic rings. The average molecular weight is 286 g/mol. The van der Waals surface area contributed by atoms with Crippen molar-refractivity contribution in [3.63, 3.8) is 0 Å². The highest BCUT2D eigenvalue weighted by Crippen LogP contribution is 2.21. The van der Waals surface area contributed by atoms with Gasteiger partial charge >= 0.3 is 5.97 Å². The van der Waals surface area contributed by atoms with Gasteiger partial charge in [0.15, 0.2) is 11.6 Å². The van der Waals surface area contributed by atoms with Crippen LogP contribution in [0.4, 0.5) is 14.5 Å². The smallest absolute Gasteiger partial charge is 0.337 e. The van der Waals surface area contributed by atoms with Gasteiger partial charge in [-0.1, -0.05) is 0 Å². The molecule has 1 aromatic carbocycles. The van der Waals surface area contributed by atoms with Gasteiger partial charge in [0, 0.05) is 12.6 Å². The Bertz CT molecular complexity index is 565. The van der Waals surface area contributed by atoms with Crippen molar-refractivity contribution >= 4 is 17.6 Å². The van der Waals surface area contributed by atoms with E-state index in [-0.39, 0.29) is 18.7 Å². The van der Waals surface area contributed by atoms with Crippen LogP contribution in [0.3, 0.4) is 0 Å². The molecule has 0 radical (unpaired) electrons. The van der Waals surface area contributed by atoms with Crippen LogP contribution in [0.5, 0.6) is 0 Å². The topological polar surface area (TPSA) is 98.7 Å². The van der Waals surface area contributed by atoms with Gasteiger partial charge in [-0.3, -0.25) is 4.79 Å². The molecule has 0 aromatic heterocycles. The summed E-state index contributed by atoms with van der Waals surface area (Å²) in [6.45, 7) is 0.238. The first-order valence-corrected chi connectivity index (χ1v) is 5.83. The second-order valence-electron chi connectivity index (χ2n) is 4.46. The molecule has 2 unspecified atom stereocenters. The number of aliphatic hydroxyl groups excluding tert-OH is 1. The Labute approximate surface area is 112 Å². The Morgan fingerprint density at radius 2 is 1.95 bits per heavy atom.